The summed E-state index contributed by atoms with van der Waals surface area (Å²) < 4.78 is 32.2. The Bertz CT molecular complexity index is 586. The molecule has 0 heterocycles. The minimum atomic E-state index is -3.71. The Hall–Kier alpha value is -1.58. The van der Waals surface area contributed by atoms with Crippen molar-refractivity contribution in [2.45, 2.75) is 44.7 Å². The van der Waals surface area contributed by atoms with Crippen molar-refractivity contribution in [3.63, 3.8) is 0 Å². The number of benzene rings is 1. The van der Waals surface area contributed by atoms with Crippen molar-refractivity contribution in [2.24, 2.45) is 0 Å². The van der Waals surface area contributed by atoms with E-state index in [9.17, 15) is 13.7 Å². The highest BCUT2D eigenvalue weighted by atomic mass is 32.2. The molecule has 0 atom stereocenters. The number of nitrogens with zero attached hydrogens (tertiary/aromatic N) is 1. The first-order chi connectivity index (χ1) is 8.77. The lowest BCUT2D eigenvalue weighted by Crippen LogP contribution is -2.30. The van der Waals surface area contributed by atoms with E-state index in [1.54, 1.807) is 26.0 Å². The van der Waals surface area contributed by atoms with Crippen LogP contribution in [0.25, 0.3) is 0 Å². The molecule has 5 nitrogen and oxygen atoms in total. The molecule has 104 valence electrons. The summed E-state index contributed by atoms with van der Waals surface area (Å²) in [6, 6.07) is 6.21. The summed E-state index contributed by atoms with van der Waals surface area (Å²) in [6.07, 6.45) is -0.136. The quantitative estimate of drug-likeness (QED) is 0.896. The van der Waals surface area contributed by atoms with Gasteiger partial charge in [-0.25, -0.2) is 13.1 Å². The molecule has 0 saturated carbocycles. The molecule has 0 fully saturated rings. The minimum Gasteiger partial charge on any atom is -0.490 e. The van der Waals surface area contributed by atoms with Crippen LogP contribution in [0.15, 0.2) is 23.1 Å². The maximum absolute atomic E-state index is 12.1. The molecule has 6 heteroatoms. The van der Waals surface area contributed by atoms with E-state index in [1.165, 1.54) is 6.07 Å². The Labute approximate surface area is 114 Å². The fourth-order valence-corrected chi connectivity index (χ4v) is 2.99. The first kappa shape index (κ1) is 15.5. The van der Waals surface area contributed by atoms with Crippen molar-refractivity contribution in [3.05, 3.63) is 23.8 Å². The summed E-state index contributed by atoms with van der Waals surface area (Å²) in [6.45, 7) is 7.07. The van der Waals surface area contributed by atoms with Crippen LogP contribution in [0.1, 0.15) is 33.3 Å². The standard InChI is InChI=1S/C13H18N2O3S/c1-9(2)15-19(16,17)13-7-5-6-12(11(13)8-14)18-10(3)4/h5-7,9-10,15H,1-4H3. The zero-order valence-electron chi connectivity index (χ0n) is 11.5. The van der Waals surface area contributed by atoms with Gasteiger partial charge in [0.05, 0.1) is 6.10 Å². The Morgan fingerprint density at radius 3 is 2.37 bits per heavy atom. The van der Waals surface area contributed by atoms with Crippen LogP contribution < -0.4 is 9.46 Å². The molecular formula is C13H18N2O3S. The van der Waals surface area contributed by atoms with Crippen LogP contribution in [-0.4, -0.2) is 20.6 Å². The SMILES string of the molecule is CC(C)NS(=O)(=O)c1cccc(OC(C)C)c1C#N. The molecule has 1 aromatic carbocycles. The topological polar surface area (TPSA) is 79.2 Å². The summed E-state index contributed by atoms with van der Waals surface area (Å²) >= 11 is 0. The van der Waals surface area contributed by atoms with E-state index in [4.69, 9.17) is 4.74 Å². The highest BCUT2D eigenvalue weighted by molar-refractivity contribution is 7.89. The van der Waals surface area contributed by atoms with Gasteiger partial charge in [-0.1, -0.05) is 6.07 Å². The van der Waals surface area contributed by atoms with Crippen LogP contribution >= 0.6 is 0 Å². The summed E-state index contributed by atoms with van der Waals surface area (Å²) in [4.78, 5) is -0.0538. The number of nitrogens with one attached hydrogen (secondary N) is 1. The van der Waals surface area contributed by atoms with Gasteiger partial charge in [-0.3, -0.25) is 0 Å². The van der Waals surface area contributed by atoms with Crippen LogP contribution in [-0.2, 0) is 10.0 Å². The van der Waals surface area contributed by atoms with E-state index in [0.29, 0.717) is 0 Å². The molecular weight excluding hydrogens is 264 g/mol. The second kappa shape index (κ2) is 6.04. The Kier molecular flexibility index (Phi) is 4.92. The van der Waals surface area contributed by atoms with Crippen molar-refractivity contribution < 1.29 is 13.2 Å². The maximum atomic E-state index is 12.1. The van der Waals surface area contributed by atoms with E-state index in [0.717, 1.165) is 0 Å². The van der Waals surface area contributed by atoms with E-state index >= 15 is 0 Å². The van der Waals surface area contributed by atoms with E-state index in [-0.39, 0.29) is 28.4 Å². The molecule has 19 heavy (non-hydrogen) atoms. The number of rotatable bonds is 5. The first-order valence-electron chi connectivity index (χ1n) is 6.00. The number of hydrogen-bond donors (Lipinski definition) is 1. The molecule has 0 aliphatic rings. The predicted octanol–water partition coefficient (Wildman–Crippen LogP) is 2.03. The summed E-state index contributed by atoms with van der Waals surface area (Å²) in [7, 11) is -3.71. The van der Waals surface area contributed by atoms with Crippen molar-refractivity contribution in [1.29, 1.82) is 5.26 Å². The van der Waals surface area contributed by atoms with Gasteiger partial charge in [0.15, 0.2) is 0 Å². The van der Waals surface area contributed by atoms with Crippen molar-refractivity contribution in [1.82, 2.24) is 4.72 Å². The smallest absolute Gasteiger partial charge is 0.242 e. The average molecular weight is 282 g/mol. The third kappa shape index (κ3) is 3.94. The molecule has 0 saturated heterocycles. The lowest BCUT2D eigenvalue weighted by Gasteiger charge is -2.15. The van der Waals surface area contributed by atoms with Crippen LogP contribution in [0.2, 0.25) is 0 Å². The zero-order chi connectivity index (χ0) is 14.6. The van der Waals surface area contributed by atoms with Crippen molar-refractivity contribution in [2.75, 3.05) is 0 Å². The molecule has 0 aliphatic carbocycles. The van der Waals surface area contributed by atoms with Gasteiger partial charge < -0.3 is 4.74 Å². The molecule has 0 amide bonds. The van der Waals surface area contributed by atoms with Crippen molar-refractivity contribution >= 4 is 10.0 Å². The molecule has 1 rings (SSSR count). The zero-order valence-corrected chi connectivity index (χ0v) is 12.3. The molecule has 0 aliphatic heterocycles. The molecule has 0 spiro atoms. The third-order valence-electron chi connectivity index (χ3n) is 2.14. The Morgan fingerprint density at radius 2 is 1.89 bits per heavy atom. The van der Waals surface area contributed by atoms with Crippen LogP contribution in [0.4, 0.5) is 0 Å². The predicted molar refractivity (Wildman–Crippen MR) is 72.4 cm³/mol. The fourth-order valence-electron chi connectivity index (χ4n) is 1.57. The van der Waals surface area contributed by atoms with Gasteiger partial charge in [0.25, 0.3) is 0 Å². The molecule has 0 aromatic heterocycles. The Balaban J connectivity index is 3.34. The summed E-state index contributed by atoms with van der Waals surface area (Å²) in [5, 5.41) is 9.19. The third-order valence-corrected chi connectivity index (χ3v) is 3.84. The number of nitriles is 1. The number of ether oxygens (including phenoxy) is 1. The second-order valence-corrected chi connectivity index (χ2v) is 6.37. The lowest BCUT2D eigenvalue weighted by atomic mass is 10.2. The van der Waals surface area contributed by atoms with Crippen LogP contribution in [0.5, 0.6) is 5.75 Å². The van der Waals surface area contributed by atoms with Gasteiger partial charge in [-0.15, -0.1) is 0 Å². The normalized spacial score (nSPS) is 11.6. The Morgan fingerprint density at radius 1 is 1.26 bits per heavy atom. The molecule has 1 N–H and O–H groups in total. The van der Waals surface area contributed by atoms with Gasteiger partial charge in [-0.2, -0.15) is 5.26 Å². The first-order valence-corrected chi connectivity index (χ1v) is 7.48. The maximum Gasteiger partial charge on any atom is 0.242 e. The molecule has 0 radical (unpaired) electrons. The molecule has 0 unspecified atom stereocenters. The fraction of sp³-hybridized carbons (Fsp3) is 0.462. The summed E-state index contributed by atoms with van der Waals surface area (Å²) in [5.74, 6) is 0.282. The second-order valence-electron chi connectivity index (χ2n) is 4.68. The highest BCUT2D eigenvalue weighted by Gasteiger charge is 2.22. The minimum absolute atomic E-state index is 0.0318. The number of hydrogen-bond acceptors (Lipinski definition) is 4. The van der Waals surface area contributed by atoms with Crippen molar-refractivity contribution in [3.8, 4) is 11.8 Å². The van der Waals surface area contributed by atoms with Gasteiger partial charge >= 0.3 is 0 Å². The van der Waals surface area contributed by atoms with Gasteiger partial charge in [0.2, 0.25) is 10.0 Å². The van der Waals surface area contributed by atoms with Gasteiger partial charge in [0, 0.05) is 6.04 Å². The van der Waals surface area contributed by atoms with Crippen LogP contribution in [0.3, 0.4) is 0 Å². The average Bonchev–Trinajstić information content (AvgIpc) is 2.26. The molecule has 1 aromatic rings. The summed E-state index contributed by atoms with van der Waals surface area (Å²) in [5.41, 5.74) is 0.0318. The highest BCUT2D eigenvalue weighted by Crippen LogP contribution is 2.26. The van der Waals surface area contributed by atoms with E-state index in [1.807, 2.05) is 19.9 Å². The molecule has 0 bridgehead atoms. The lowest BCUT2D eigenvalue weighted by molar-refractivity contribution is 0.241. The monoisotopic (exact) mass is 282 g/mol. The van der Waals surface area contributed by atoms with Gasteiger partial charge in [-0.05, 0) is 39.8 Å². The van der Waals surface area contributed by atoms with Gasteiger partial charge in [0.1, 0.15) is 22.3 Å². The largest absolute Gasteiger partial charge is 0.490 e. The van der Waals surface area contributed by atoms with E-state index in [2.05, 4.69) is 4.72 Å². The van der Waals surface area contributed by atoms with Crippen LogP contribution in [0, 0.1) is 11.3 Å². The van der Waals surface area contributed by atoms with E-state index < -0.39 is 10.0 Å². The number of sulfonamides is 1.